The van der Waals surface area contributed by atoms with Gasteiger partial charge in [-0.2, -0.15) is 0 Å². The summed E-state index contributed by atoms with van der Waals surface area (Å²) in [6, 6.07) is 0.761. The van der Waals surface area contributed by atoms with E-state index in [2.05, 4.69) is 118 Å². The molecule has 2 rings (SSSR count). The molecular weight excluding hydrogens is 447 g/mol. The smallest absolute Gasteiger partial charge is 0.0883 e. The van der Waals surface area contributed by atoms with Gasteiger partial charge in [-0.1, -0.05) is 94.0 Å². The Morgan fingerprint density at radius 3 is 1.91 bits per heavy atom. The first-order valence-corrected chi connectivity index (χ1v) is 15.6. The first-order chi connectivity index (χ1) is 16.2. The lowest BCUT2D eigenvalue weighted by Crippen LogP contribution is -2.31. The van der Waals surface area contributed by atoms with Crippen LogP contribution in [0.4, 0.5) is 0 Å². The topological polar surface area (TPSA) is 34.0 Å². The number of aromatic nitrogens is 3. The first kappa shape index (κ1) is 36.7. The molecule has 2 unspecified atom stereocenters. The second-order valence-corrected chi connectivity index (χ2v) is 12.5. The van der Waals surface area contributed by atoms with Gasteiger partial charge in [-0.3, -0.25) is 0 Å². The molecule has 1 aromatic heterocycles. The van der Waals surface area contributed by atoms with E-state index in [-0.39, 0.29) is 11.0 Å². The Labute approximate surface area is 224 Å². The van der Waals surface area contributed by atoms with Gasteiger partial charge in [0.15, 0.2) is 0 Å². The molecule has 0 N–H and O–H groups in total. The first-order valence-electron chi connectivity index (χ1n) is 14.4. The summed E-state index contributed by atoms with van der Waals surface area (Å²) in [5, 5.41) is 8.91. The lowest BCUT2D eigenvalue weighted by molar-refractivity contribution is 0.179. The molecule has 0 amide bonds. The zero-order valence-corrected chi connectivity index (χ0v) is 27.8. The van der Waals surface area contributed by atoms with Crippen LogP contribution < -0.4 is 0 Å². The highest BCUT2D eigenvalue weighted by Gasteiger charge is 2.35. The summed E-state index contributed by atoms with van der Waals surface area (Å²) in [7, 11) is 2.42. The van der Waals surface area contributed by atoms with Crippen molar-refractivity contribution in [1.82, 2.24) is 19.9 Å². The largest absolute Gasteiger partial charge is 0.301 e. The molecule has 35 heavy (non-hydrogen) atoms. The fourth-order valence-electron chi connectivity index (χ4n) is 4.69. The van der Waals surface area contributed by atoms with E-state index >= 15 is 0 Å². The lowest BCUT2D eigenvalue weighted by atomic mass is 9.68. The molecule has 1 aliphatic heterocycles. The van der Waals surface area contributed by atoms with Crippen LogP contribution in [-0.2, 0) is 11.0 Å². The Balaban J connectivity index is 0. The van der Waals surface area contributed by atoms with Crippen LogP contribution in [0.3, 0.4) is 0 Å². The standard InChI is InChI=1S/C18H35N3.C9H19N.C2H6.CH5P/c1-10-11-18(8,9)21-12-15(19-20-21)17(6,7)13-16(4,5)14(2)3;1-4-9-5-6-10(7-9)8(2)3;2*1-2/h12,14H,10-11,13H2,1-9H3;8-9H,4-7H2,1-3H3;1-2H3;2H2,1H3. The molecule has 210 valence electrons. The van der Waals surface area contributed by atoms with Crippen LogP contribution in [0.1, 0.15) is 135 Å². The minimum atomic E-state index is 0.0453. The van der Waals surface area contributed by atoms with Crippen molar-refractivity contribution in [3.8, 4) is 0 Å². The van der Waals surface area contributed by atoms with Crippen molar-refractivity contribution in [3.05, 3.63) is 11.9 Å². The zero-order valence-electron chi connectivity index (χ0n) is 26.6. The van der Waals surface area contributed by atoms with Crippen LogP contribution in [0.15, 0.2) is 6.20 Å². The van der Waals surface area contributed by atoms with Crippen LogP contribution in [0.2, 0.25) is 0 Å². The van der Waals surface area contributed by atoms with Gasteiger partial charge in [-0.05, 0) is 70.8 Å². The fourth-order valence-corrected chi connectivity index (χ4v) is 4.69. The summed E-state index contributed by atoms with van der Waals surface area (Å²) in [6.45, 7) is 36.0. The van der Waals surface area contributed by atoms with Gasteiger partial charge in [0.1, 0.15) is 0 Å². The minimum Gasteiger partial charge on any atom is -0.301 e. The number of hydrogen-bond donors (Lipinski definition) is 0. The van der Waals surface area contributed by atoms with E-state index in [1.807, 2.05) is 20.5 Å². The Bertz CT molecular complexity index is 647. The molecule has 1 aromatic rings. The molecular formula is C30H65N4P. The van der Waals surface area contributed by atoms with Crippen molar-refractivity contribution < 1.29 is 0 Å². The molecule has 0 aliphatic carbocycles. The van der Waals surface area contributed by atoms with E-state index in [1.54, 1.807) is 0 Å². The van der Waals surface area contributed by atoms with Crippen molar-refractivity contribution in [2.45, 2.75) is 146 Å². The van der Waals surface area contributed by atoms with Crippen LogP contribution in [0.5, 0.6) is 0 Å². The van der Waals surface area contributed by atoms with E-state index in [0.29, 0.717) is 11.3 Å². The number of nitrogens with zero attached hydrogens (tertiary/aromatic N) is 4. The average molecular weight is 513 g/mol. The zero-order chi connectivity index (χ0) is 28.0. The number of hydrogen-bond acceptors (Lipinski definition) is 3. The van der Waals surface area contributed by atoms with Crippen molar-refractivity contribution in [3.63, 3.8) is 0 Å². The van der Waals surface area contributed by atoms with Gasteiger partial charge >= 0.3 is 0 Å². The monoisotopic (exact) mass is 512 g/mol. The summed E-state index contributed by atoms with van der Waals surface area (Å²) >= 11 is 0. The minimum absolute atomic E-state index is 0.0453. The average Bonchev–Trinajstić information content (AvgIpc) is 3.47. The van der Waals surface area contributed by atoms with Gasteiger partial charge in [-0.25, -0.2) is 4.68 Å². The van der Waals surface area contributed by atoms with E-state index in [1.165, 1.54) is 25.9 Å². The highest BCUT2D eigenvalue weighted by atomic mass is 31.0. The highest BCUT2D eigenvalue weighted by molar-refractivity contribution is 7.15. The number of likely N-dealkylation sites (tertiary alicyclic amines) is 1. The van der Waals surface area contributed by atoms with Crippen molar-refractivity contribution in [2.24, 2.45) is 17.3 Å². The second-order valence-electron chi connectivity index (χ2n) is 12.5. The summed E-state index contributed by atoms with van der Waals surface area (Å²) in [5.41, 5.74) is 1.50. The predicted molar refractivity (Wildman–Crippen MR) is 163 cm³/mol. The molecule has 1 saturated heterocycles. The van der Waals surface area contributed by atoms with Crippen LogP contribution in [0, 0.1) is 17.3 Å². The quantitative estimate of drug-likeness (QED) is 0.310. The third-order valence-corrected chi connectivity index (χ3v) is 7.75. The maximum absolute atomic E-state index is 4.49. The van der Waals surface area contributed by atoms with E-state index in [9.17, 15) is 0 Å². The normalized spacial score (nSPS) is 16.8. The Kier molecular flexibility index (Phi) is 17.9. The molecule has 2 atom stereocenters. The summed E-state index contributed by atoms with van der Waals surface area (Å²) in [4.78, 5) is 2.58. The van der Waals surface area contributed by atoms with Gasteiger partial charge in [0, 0.05) is 24.2 Å². The van der Waals surface area contributed by atoms with Gasteiger partial charge in [0.2, 0.25) is 0 Å². The third-order valence-electron chi connectivity index (χ3n) is 7.75. The van der Waals surface area contributed by atoms with Gasteiger partial charge < -0.3 is 4.90 Å². The highest BCUT2D eigenvalue weighted by Crippen LogP contribution is 2.40. The SMILES string of the molecule is CC.CCC1CCN(C(C)C)C1.CCCC(C)(C)n1cc(C(C)(C)CC(C)(C)C(C)C)nn1.CP. The fraction of sp³-hybridized carbons (Fsp3) is 0.933. The van der Waals surface area contributed by atoms with E-state index in [4.69, 9.17) is 0 Å². The molecule has 5 heteroatoms. The molecule has 0 bridgehead atoms. The Morgan fingerprint density at radius 2 is 1.54 bits per heavy atom. The van der Waals surface area contributed by atoms with Crippen LogP contribution in [0.25, 0.3) is 0 Å². The second kappa shape index (κ2) is 17.1. The molecule has 0 saturated carbocycles. The Morgan fingerprint density at radius 1 is 1.00 bits per heavy atom. The van der Waals surface area contributed by atoms with Crippen LogP contribution in [-0.4, -0.2) is 45.7 Å². The molecule has 1 fully saturated rings. The van der Waals surface area contributed by atoms with Gasteiger partial charge in [0.25, 0.3) is 0 Å². The predicted octanol–water partition coefficient (Wildman–Crippen LogP) is 8.81. The van der Waals surface area contributed by atoms with E-state index in [0.717, 1.165) is 36.9 Å². The van der Waals surface area contributed by atoms with Crippen molar-refractivity contribution in [1.29, 1.82) is 0 Å². The third kappa shape index (κ3) is 12.6. The van der Waals surface area contributed by atoms with Gasteiger partial charge in [-0.15, -0.1) is 14.3 Å². The van der Waals surface area contributed by atoms with Crippen molar-refractivity contribution >= 4 is 9.24 Å². The number of rotatable bonds is 9. The lowest BCUT2D eigenvalue weighted by Gasteiger charge is -2.36. The summed E-state index contributed by atoms with van der Waals surface area (Å²) in [6.07, 6.45) is 8.34. The van der Waals surface area contributed by atoms with Gasteiger partial charge in [0.05, 0.1) is 11.2 Å². The molecule has 1 aliphatic rings. The molecule has 0 aromatic carbocycles. The van der Waals surface area contributed by atoms with Crippen LogP contribution >= 0.6 is 9.24 Å². The Hall–Kier alpha value is -0.470. The van der Waals surface area contributed by atoms with E-state index < -0.39 is 0 Å². The molecule has 2 heterocycles. The molecule has 0 spiro atoms. The maximum Gasteiger partial charge on any atom is 0.0883 e. The summed E-state index contributed by atoms with van der Waals surface area (Å²) < 4.78 is 2.05. The molecule has 0 radical (unpaired) electrons. The van der Waals surface area contributed by atoms with Crippen molar-refractivity contribution in [2.75, 3.05) is 19.8 Å². The summed E-state index contributed by atoms with van der Waals surface area (Å²) in [5.74, 6) is 1.64. The maximum atomic E-state index is 4.49. The molecule has 4 nitrogen and oxygen atoms in total.